The largest absolute Gasteiger partial charge is 0.508 e. The van der Waals surface area contributed by atoms with Crippen molar-refractivity contribution in [1.82, 2.24) is 4.90 Å². The molecule has 38 heavy (non-hydrogen) atoms. The number of para-hydroxylation sites is 1. The van der Waals surface area contributed by atoms with Crippen LogP contribution >= 0.6 is 0 Å². The number of amides is 2. The zero-order valence-corrected chi connectivity index (χ0v) is 20.9. The van der Waals surface area contributed by atoms with Crippen LogP contribution in [0.4, 0.5) is 14.9 Å². The zero-order chi connectivity index (χ0) is 26.8. The normalized spacial score (nSPS) is 18.1. The molecule has 194 valence electrons. The topological polar surface area (TPSA) is 84.2 Å². The number of hydrogen-bond acceptors (Lipinski definition) is 4. The van der Waals surface area contributed by atoms with E-state index in [0.29, 0.717) is 29.7 Å². The van der Waals surface area contributed by atoms with Crippen molar-refractivity contribution in [3.05, 3.63) is 114 Å². The Hall–Kier alpha value is -4.36. The summed E-state index contributed by atoms with van der Waals surface area (Å²) in [7, 11) is 1.73. The fourth-order valence-corrected chi connectivity index (χ4v) is 5.21. The van der Waals surface area contributed by atoms with E-state index in [1.54, 1.807) is 53.2 Å². The van der Waals surface area contributed by atoms with Gasteiger partial charge in [0, 0.05) is 18.3 Å². The van der Waals surface area contributed by atoms with Crippen molar-refractivity contribution < 1.29 is 24.5 Å². The van der Waals surface area contributed by atoms with Crippen molar-refractivity contribution >= 4 is 11.7 Å². The fraction of sp³-hybridized carbons (Fsp3) is 0.194. The molecule has 5 rings (SSSR count). The van der Waals surface area contributed by atoms with Crippen molar-refractivity contribution in [3.8, 4) is 22.6 Å². The van der Waals surface area contributed by atoms with Crippen LogP contribution in [0.3, 0.4) is 0 Å². The highest BCUT2D eigenvalue weighted by molar-refractivity contribution is 5.96. The number of urea groups is 1. The van der Waals surface area contributed by atoms with Crippen LogP contribution in [0.1, 0.15) is 36.1 Å². The van der Waals surface area contributed by atoms with Crippen LogP contribution in [0.15, 0.2) is 97.1 Å². The molecule has 0 radical (unpaired) electrons. The van der Waals surface area contributed by atoms with Gasteiger partial charge in [0.1, 0.15) is 17.3 Å². The maximum atomic E-state index is 13.5. The van der Waals surface area contributed by atoms with Crippen LogP contribution in [0.2, 0.25) is 0 Å². The van der Waals surface area contributed by atoms with Crippen LogP contribution < -0.4 is 4.90 Å². The first kappa shape index (κ1) is 25.3. The first-order valence-corrected chi connectivity index (χ1v) is 12.5. The number of aliphatic hydroxyl groups is 1. The van der Waals surface area contributed by atoms with Gasteiger partial charge in [0.05, 0.1) is 18.2 Å². The standard InChI is InChI=1S/C31H29FN2O4/c1-33-27(16-17-28(36)20-10-13-23(32)14-11-20)30(34(31(33)38)24-7-3-2-4-8-24)26-15-12-22(19-29(26)37)21-6-5-9-25(35)18-21/h2-15,18-19,27-28,30,35-37H,16-17H2,1H3/t27-,28+,30-/m1/s1. The highest BCUT2D eigenvalue weighted by atomic mass is 19.1. The van der Waals surface area contributed by atoms with Crippen molar-refractivity contribution in [2.24, 2.45) is 0 Å². The van der Waals surface area contributed by atoms with E-state index in [1.807, 2.05) is 48.5 Å². The summed E-state index contributed by atoms with van der Waals surface area (Å²) < 4.78 is 13.3. The lowest BCUT2D eigenvalue weighted by Crippen LogP contribution is -2.31. The second-order valence-corrected chi connectivity index (χ2v) is 9.58. The molecule has 0 aliphatic carbocycles. The number of anilines is 1. The Balaban J connectivity index is 1.50. The Morgan fingerprint density at radius 3 is 2.26 bits per heavy atom. The Morgan fingerprint density at radius 2 is 1.58 bits per heavy atom. The summed E-state index contributed by atoms with van der Waals surface area (Å²) in [5.74, 6) is -0.210. The number of carbonyl (C=O) groups is 1. The third-order valence-electron chi connectivity index (χ3n) is 7.20. The van der Waals surface area contributed by atoms with Gasteiger partial charge in [-0.15, -0.1) is 0 Å². The minimum Gasteiger partial charge on any atom is -0.508 e. The number of benzene rings is 4. The van der Waals surface area contributed by atoms with Crippen LogP contribution in [0.5, 0.6) is 11.5 Å². The highest BCUT2D eigenvalue weighted by Crippen LogP contribution is 2.44. The third kappa shape index (κ3) is 4.93. The third-order valence-corrected chi connectivity index (χ3v) is 7.20. The molecule has 0 unspecified atom stereocenters. The summed E-state index contributed by atoms with van der Waals surface area (Å²) in [6.07, 6.45) is -0.0372. The Labute approximate surface area is 220 Å². The van der Waals surface area contributed by atoms with Crippen LogP contribution in [-0.4, -0.2) is 39.3 Å². The van der Waals surface area contributed by atoms with Gasteiger partial charge in [-0.3, -0.25) is 4.90 Å². The summed E-state index contributed by atoms with van der Waals surface area (Å²) in [6.45, 7) is 0. The second kappa shape index (κ2) is 10.6. The van der Waals surface area contributed by atoms with Gasteiger partial charge in [-0.2, -0.15) is 0 Å². The van der Waals surface area contributed by atoms with E-state index in [2.05, 4.69) is 0 Å². The van der Waals surface area contributed by atoms with Crippen LogP contribution in [0.25, 0.3) is 11.1 Å². The molecule has 6 nitrogen and oxygen atoms in total. The number of halogens is 1. The summed E-state index contributed by atoms with van der Waals surface area (Å²) in [4.78, 5) is 16.9. The monoisotopic (exact) mass is 512 g/mol. The van der Waals surface area contributed by atoms with Crippen molar-refractivity contribution in [2.45, 2.75) is 31.0 Å². The smallest absolute Gasteiger partial charge is 0.325 e. The minimum absolute atomic E-state index is 0.0314. The molecule has 1 saturated heterocycles. The molecule has 4 aromatic rings. The molecular formula is C31H29FN2O4. The molecule has 1 heterocycles. The van der Waals surface area contributed by atoms with Gasteiger partial charge in [0.15, 0.2) is 0 Å². The molecule has 3 N–H and O–H groups in total. The van der Waals surface area contributed by atoms with Crippen molar-refractivity contribution in [3.63, 3.8) is 0 Å². The van der Waals surface area contributed by atoms with Gasteiger partial charge < -0.3 is 20.2 Å². The lowest BCUT2D eigenvalue weighted by molar-refractivity contribution is 0.148. The number of carbonyl (C=O) groups excluding carboxylic acids is 1. The Kier molecular flexibility index (Phi) is 7.03. The summed E-state index contributed by atoms with van der Waals surface area (Å²) in [5.41, 5.74) is 3.37. The molecule has 0 bridgehead atoms. The number of phenolic OH excluding ortho intramolecular Hbond substituents is 2. The van der Waals surface area contributed by atoms with Crippen molar-refractivity contribution in [1.29, 1.82) is 0 Å². The molecule has 1 aliphatic heterocycles. The van der Waals surface area contributed by atoms with E-state index in [9.17, 15) is 24.5 Å². The molecular weight excluding hydrogens is 483 g/mol. The van der Waals surface area contributed by atoms with Gasteiger partial charge in [-0.1, -0.05) is 54.6 Å². The number of rotatable bonds is 7. The number of hydrogen-bond donors (Lipinski definition) is 3. The van der Waals surface area contributed by atoms with E-state index in [-0.39, 0.29) is 29.4 Å². The van der Waals surface area contributed by atoms with Gasteiger partial charge in [-0.25, -0.2) is 9.18 Å². The first-order chi connectivity index (χ1) is 18.3. The zero-order valence-electron chi connectivity index (χ0n) is 20.9. The van der Waals surface area contributed by atoms with Crippen molar-refractivity contribution in [2.75, 3.05) is 11.9 Å². The molecule has 0 saturated carbocycles. The van der Waals surface area contributed by atoms with Gasteiger partial charge in [0.25, 0.3) is 0 Å². The summed E-state index contributed by atoms with van der Waals surface area (Å²) >= 11 is 0. The summed E-state index contributed by atoms with van der Waals surface area (Å²) in [6, 6.07) is 26.1. The predicted molar refractivity (Wildman–Crippen MR) is 144 cm³/mol. The molecule has 3 atom stereocenters. The molecule has 2 amide bonds. The molecule has 7 heteroatoms. The maximum Gasteiger partial charge on any atom is 0.325 e. The van der Waals surface area contributed by atoms with E-state index in [4.69, 9.17) is 0 Å². The molecule has 4 aromatic carbocycles. The highest BCUT2D eigenvalue weighted by Gasteiger charge is 2.46. The predicted octanol–water partition coefficient (Wildman–Crippen LogP) is 6.40. The fourth-order valence-electron chi connectivity index (χ4n) is 5.21. The number of phenols is 2. The van der Waals surface area contributed by atoms with E-state index in [0.717, 1.165) is 11.1 Å². The quantitative estimate of drug-likeness (QED) is 0.268. The van der Waals surface area contributed by atoms with Crippen LogP contribution in [0, 0.1) is 5.82 Å². The Morgan fingerprint density at radius 1 is 0.868 bits per heavy atom. The molecule has 1 aliphatic rings. The summed E-state index contributed by atoms with van der Waals surface area (Å²) in [5, 5.41) is 31.9. The molecule has 1 fully saturated rings. The number of aliphatic hydroxyl groups excluding tert-OH is 1. The first-order valence-electron chi connectivity index (χ1n) is 12.5. The number of nitrogens with zero attached hydrogens (tertiary/aromatic N) is 2. The van der Waals surface area contributed by atoms with Crippen LogP contribution in [-0.2, 0) is 0 Å². The molecule has 0 spiro atoms. The number of aromatic hydroxyl groups is 2. The van der Waals surface area contributed by atoms with E-state index < -0.39 is 12.1 Å². The average molecular weight is 513 g/mol. The van der Waals surface area contributed by atoms with Gasteiger partial charge in [0.2, 0.25) is 0 Å². The Bertz CT molecular complexity index is 1430. The molecule has 0 aromatic heterocycles. The SMILES string of the molecule is CN1C(=O)N(c2ccccc2)[C@H](c2ccc(-c3cccc(O)c3)cc2O)[C@H]1CC[C@H](O)c1ccc(F)cc1. The van der Waals surface area contributed by atoms with Gasteiger partial charge >= 0.3 is 6.03 Å². The van der Waals surface area contributed by atoms with Gasteiger partial charge in [-0.05, 0) is 72.0 Å². The maximum absolute atomic E-state index is 13.5. The lowest BCUT2D eigenvalue weighted by Gasteiger charge is -2.29. The second-order valence-electron chi connectivity index (χ2n) is 9.58. The van der Waals surface area contributed by atoms with E-state index in [1.165, 1.54) is 12.1 Å². The number of likely N-dealkylation sites (N-methyl/N-ethyl adjacent to an activating group) is 1. The lowest BCUT2D eigenvalue weighted by atomic mass is 9.91. The average Bonchev–Trinajstić information content (AvgIpc) is 3.17. The minimum atomic E-state index is -0.827. The van der Waals surface area contributed by atoms with E-state index >= 15 is 0 Å².